The second kappa shape index (κ2) is 7.78. The van der Waals surface area contributed by atoms with Crippen molar-refractivity contribution < 1.29 is 4.79 Å². The second-order valence-electron chi connectivity index (χ2n) is 9.68. The number of hydrazone groups is 1. The van der Waals surface area contributed by atoms with Gasteiger partial charge in [-0.05, 0) is 84.2 Å². The molecule has 0 aromatic heterocycles. The number of fused-ring (bicyclic) bond motifs is 1. The predicted molar refractivity (Wildman–Crippen MR) is 119 cm³/mol. The van der Waals surface area contributed by atoms with Gasteiger partial charge in [0.15, 0.2) is 0 Å². The number of carbonyl (C=O) groups excluding carboxylic acids is 1. The number of aryl methyl sites for hydroxylation is 2. The predicted octanol–water partition coefficient (Wildman–Crippen LogP) is 5.51. The van der Waals surface area contributed by atoms with E-state index in [4.69, 9.17) is 0 Å². The van der Waals surface area contributed by atoms with Crippen LogP contribution in [0.4, 0.5) is 0 Å². The molecule has 1 amide bonds. The smallest absolute Gasteiger partial charge is 0.243 e. The number of hydrogen-bond donors (Lipinski definition) is 1. The van der Waals surface area contributed by atoms with Gasteiger partial charge in [-0.1, -0.05) is 57.2 Å². The lowest BCUT2D eigenvalue weighted by Gasteiger charge is -2.19. The molecule has 2 aromatic rings. The van der Waals surface area contributed by atoms with Gasteiger partial charge in [-0.25, -0.2) is 5.43 Å². The van der Waals surface area contributed by atoms with Crippen molar-refractivity contribution in [3.05, 3.63) is 70.3 Å². The highest BCUT2D eigenvalue weighted by atomic mass is 16.2. The van der Waals surface area contributed by atoms with Crippen molar-refractivity contribution in [3.8, 4) is 0 Å². The first-order chi connectivity index (χ1) is 13.8. The van der Waals surface area contributed by atoms with Crippen LogP contribution in [-0.2, 0) is 23.1 Å². The first-order valence-corrected chi connectivity index (χ1v) is 10.9. The van der Waals surface area contributed by atoms with Gasteiger partial charge in [0.2, 0.25) is 5.91 Å². The van der Waals surface area contributed by atoms with Gasteiger partial charge in [-0.15, -0.1) is 0 Å². The highest BCUT2D eigenvalue weighted by Crippen LogP contribution is 2.47. The van der Waals surface area contributed by atoms with E-state index in [2.05, 4.69) is 73.8 Å². The minimum absolute atomic E-state index is 0.0345. The van der Waals surface area contributed by atoms with E-state index in [9.17, 15) is 4.79 Å². The van der Waals surface area contributed by atoms with Crippen molar-refractivity contribution in [2.75, 3.05) is 0 Å². The van der Waals surface area contributed by atoms with E-state index >= 15 is 0 Å². The van der Waals surface area contributed by atoms with Crippen LogP contribution < -0.4 is 5.43 Å². The highest BCUT2D eigenvalue weighted by Gasteiger charge is 2.44. The minimum Gasteiger partial charge on any atom is -0.273 e. The van der Waals surface area contributed by atoms with Crippen LogP contribution in [0.2, 0.25) is 0 Å². The summed E-state index contributed by atoms with van der Waals surface area (Å²) in [5.41, 5.74) is 10.4. The third-order valence-electron chi connectivity index (χ3n) is 6.43. The Balaban J connectivity index is 1.36. The van der Waals surface area contributed by atoms with Gasteiger partial charge < -0.3 is 0 Å². The fourth-order valence-corrected chi connectivity index (χ4v) is 4.33. The summed E-state index contributed by atoms with van der Waals surface area (Å²) in [6, 6.07) is 15.4. The van der Waals surface area contributed by atoms with Crippen LogP contribution in [0.1, 0.15) is 80.7 Å². The number of nitrogens with one attached hydrogen (secondary N) is 1. The molecule has 0 spiro atoms. The summed E-state index contributed by atoms with van der Waals surface area (Å²) in [5.74, 6) is 0.394. The van der Waals surface area contributed by atoms with Crippen LogP contribution in [0, 0.1) is 5.92 Å². The van der Waals surface area contributed by atoms with E-state index in [1.807, 2.05) is 6.92 Å². The molecule has 2 unspecified atom stereocenters. The zero-order chi connectivity index (χ0) is 20.6. The van der Waals surface area contributed by atoms with Crippen molar-refractivity contribution in [1.29, 1.82) is 0 Å². The average molecular weight is 389 g/mol. The first kappa shape index (κ1) is 19.9. The summed E-state index contributed by atoms with van der Waals surface area (Å²) in [7, 11) is 0. The van der Waals surface area contributed by atoms with Gasteiger partial charge in [0.1, 0.15) is 0 Å². The summed E-state index contributed by atoms with van der Waals surface area (Å²) < 4.78 is 0. The Hall–Kier alpha value is -2.42. The molecule has 0 bridgehead atoms. The number of benzene rings is 2. The van der Waals surface area contributed by atoms with Gasteiger partial charge in [-0.3, -0.25) is 4.79 Å². The molecular formula is C26H32N2O. The first-order valence-electron chi connectivity index (χ1n) is 10.9. The fraction of sp³-hybridized carbons (Fsp3) is 0.462. The lowest BCUT2D eigenvalue weighted by Crippen LogP contribution is -2.21. The van der Waals surface area contributed by atoms with Gasteiger partial charge in [-0.2, -0.15) is 5.10 Å². The summed E-state index contributed by atoms with van der Waals surface area (Å²) in [5, 5.41) is 4.40. The molecule has 0 aliphatic heterocycles. The largest absolute Gasteiger partial charge is 0.273 e. The molecule has 2 aromatic carbocycles. The third-order valence-corrected chi connectivity index (χ3v) is 6.43. The Labute approximate surface area is 174 Å². The fourth-order valence-electron chi connectivity index (χ4n) is 4.33. The molecule has 29 heavy (non-hydrogen) atoms. The van der Waals surface area contributed by atoms with Crippen LogP contribution >= 0.6 is 0 Å². The van der Waals surface area contributed by atoms with Crippen LogP contribution in [0.15, 0.2) is 47.6 Å². The van der Waals surface area contributed by atoms with Crippen molar-refractivity contribution in [2.24, 2.45) is 11.0 Å². The standard InChI is InChI=1S/C26H32N2O/c1-17(20-10-9-18-7-5-6-8-21(18)15-20)27-28-25(29)24-16-23(24)19-11-13-22(14-12-19)26(2,3)4/h9-15,23-24H,5-8,16H2,1-4H3,(H,28,29)/b27-17-. The van der Waals surface area contributed by atoms with Crippen LogP contribution in [0.3, 0.4) is 0 Å². The molecule has 2 aliphatic carbocycles. The van der Waals surface area contributed by atoms with Gasteiger partial charge in [0, 0.05) is 5.92 Å². The lowest BCUT2D eigenvalue weighted by atomic mass is 9.86. The topological polar surface area (TPSA) is 41.5 Å². The molecule has 2 atom stereocenters. The summed E-state index contributed by atoms with van der Waals surface area (Å²) in [4.78, 5) is 12.6. The molecule has 4 rings (SSSR count). The molecule has 3 heteroatoms. The normalized spacial score (nSPS) is 21.4. The van der Waals surface area contributed by atoms with Crippen LogP contribution in [-0.4, -0.2) is 11.6 Å². The third kappa shape index (κ3) is 4.44. The van der Waals surface area contributed by atoms with E-state index in [0.717, 1.165) is 24.1 Å². The lowest BCUT2D eigenvalue weighted by molar-refractivity contribution is -0.122. The monoisotopic (exact) mass is 388 g/mol. The van der Waals surface area contributed by atoms with Crippen molar-refractivity contribution in [2.45, 2.75) is 71.1 Å². The van der Waals surface area contributed by atoms with E-state index in [-0.39, 0.29) is 17.2 Å². The van der Waals surface area contributed by atoms with Gasteiger partial charge in [0.25, 0.3) is 0 Å². The summed E-state index contributed by atoms with van der Waals surface area (Å²) >= 11 is 0. The maximum absolute atomic E-state index is 12.6. The van der Waals surface area contributed by atoms with Crippen LogP contribution in [0.5, 0.6) is 0 Å². The summed E-state index contributed by atoms with van der Waals surface area (Å²) in [6.07, 6.45) is 5.80. The van der Waals surface area contributed by atoms with E-state index in [1.165, 1.54) is 41.5 Å². The molecule has 0 radical (unpaired) electrons. The average Bonchev–Trinajstić information content (AvgIpc) is 3.52. The minimum atomic E-state index is 0.0345. The zero-order valence-corrected chi connectivity index (χ0v) is 18.1. The number of carbonyl (C=O) groups is 1. The summed E-state index contributed by atoms with van der Waals surface area (Å²) in [6.45, 7) is 8.63. The maximum atomic E-state index is 12.6. The second-order valence-corrected chi connectivity index (χ2v) is 9.68. The van der Waals surface area contributed by atoms with E-state index < -0.39 is 0 Å². The molecule has 1 N–H and O–H groups in total. The Kier molecular flexibility index (Phi) is 5.33. The number of rotatable bonds is 4. The van der Waals surface area contributed by atoms with Crippen molar-refractivity contribution in [1.82, 2.24) is 5.43 Å². The molecule has 1 saturated carbocycles. The Morgan fingerprint density at radius 3 is 2.38 bits per heavy atom. The molecule has 3 nitrogen and oxygen atoms in total. The number of hydrogen-bond acceptors (Lipinski definition) is 2. The SMILES string of the molecule is C/C(=N/NC(=O)C1CC1c1ccc(C(C)(C)C)cc1)c1ccc2c(c1)CCCC2. The number of amides is 1. The number of nitrogens with zero attached hydrogens (tertiary/aromatic N) is 1. The van der Waals surface area contributed by atoms with Crippen molar-refractivity contribution in [3.63, 3.8) is 0 Å². The molecule has 152 valence electrons. The Morgan fingerprint density at radius 2 is 1.69 bits per heavy atom. The molecule has 1 fully saturated rings. The quantitative estimate of drug-likeness (QED) is 0.545. The Morgan fingerprint density at radius 1 is 1.00 bits per heavy atom. The molecule has 0 saturated heterocycles. The van der Waals surface area contributed by atoms with E-state index in [0.29, 0.717) is 5.92 Å². The maximum Gasteiger partial charge on any atom is 0.243 e. The van der Waals surface area contributed by atoms with E-state index in [1.54, 1.807) is 0 Å². The molecule has 2 aliphatic rings. The van der Waals surface area contributed by atoms with Gasteiger partial charge >= 0.3 is 0 Å². The van der Waals surface area contributed by atoms with Crippen molar-refractivity contribution >= 4 is 11.6 Å². The van der Waals surface area contributed by atoms with Crippen LogP contribution in [0.25, 0.3) is 0 Å². The molecule has 0 heterocycles. The zero-order valence-electron chi connectivity index (χ0n) is 18.1. The Bertz CT molecular complexity index is 934. The highest BCUT2D eigenvalue weighted by molar-refractivity contribution is 5.99. The molecular weight excluding hydrogens is 356 g/mol. The van der Waals surface area contributed by atoms with Gasteiger partial charge in [0.05, 0.1) is 5.71 Å².